The molecule has 16 heavy (non-hydrogen) atoms. The third kappa shape index (κ3) is 1.05. The minimum Gasteiger partial charge on any atom is -0.327 e. The normalized spacial score (nSPS) is 36.2. The van der Waals surface area contributed by atoms with E-state index in [1.807, 2.05) is 0 Å². The quantitative estimate of drug-likeness (QED) is 0.733. The van der Waals surface area contributed by atoms with Gasteiger partial charge in [0.15, 0.2) is 17.5 Å². The summed E-state index contributed by atoms with van der Waals surface area (Å²) in [4.78, 5) is 0. The third-order valence-electron chi connectivity index (χ3n) is 4.29. The Kier molecular flexibility index (Phi) is 1.90. The van der Waals surface area contributed by atoms with Crippen molar-refractivity contribution in [2.45, 2.75) is 30.7 Å². The molecular formula is C12H12F3N. The molecule has 2 N–H and O–H groups in total. The highest BCUT2D eigenvalue weighted by atomic mass is 19.2. The molecular weight excluding hydrogens is 215 g/mol. The molecule has 0 aliphatic heterocycles. The van der Waals surface area contributed by atoms with Crippen LogP contribution in [0.15, 0.2) is 12.1 Å². The van der Waals surface area contributed by atoms with Gasteiger partial charge in [0, 0.05) is 11.5 Å². The van der Waals surface area contributed by atoms with Gasteiger partial charge in [-0.15, -0.1) is 0 Å². The summed E-state index contributed by atoms with van der Waals surface area (Å²) in [5.74, 6) is -3.17. The van der Waals surface area contributed by atoms with Crippen molar-refractivity contribution in [3.8, 4) is 0 Å². The van der Waals surface area contributed by atoms with Crippen LogP contribution >= 0.6 is 0 Å². The van der Waals surface area contributed by atoms with E-state index in [0.29, 0.717) is 11.5 Å². The standard InChI is InChI=1S/C12H12F3N/c13-8-3-7(4-9(14)10(8)15)12-2-1-6(5-12)11(12)16/h3-4,6,11H,1-2,5,16H2/t6-,11-,12+/m1/s1. The van der Waals surface area contributed by atoms with Crippen molar-refractivity contribution in [1.82, 2.24) is 0 Å². The van der Waals surface area contributed by atoms with Crippen molar-refractivity contribution >= 4 is 0 Å². The molecule has 4 heteroatoms. The minimum absolute atomic E-state index is 0.0308. The topological polar surface area (TPSA) is 26.0 Å². The molecule has 0 spiro atoms. The summed E-state index contributed by atoms with van der Waals surface area (Å²) in [6, 6.07) is 2.16. The summed E-state index contributed by atoms with van der Waals surface area (Å²) >= 11 is 0. The maximum Gasteiger partial charge on any atom is 0.194 e. The second kappa shape index (κ2) is 3.00. The molecule has 3 saturated carbocycles. The highest BCUT2D eigenvalue weighted by Gasteiger charge is 2.58. The van der Waals surface area contributed by atoms with Crippen molar-refractivity contribution in [3.05, 3.63) is 35.1 Å². The van der Waals surface area contributed by atoms with Gasteiger partial charge >= 0.3 is 0 Å². The number of hydrogen-bond acceptors (Lipinski definition) is 1. The lowest BCUT2D eigenvalue weighted by Gasteiger charge is -2.46. The molecule has 3 fully saturated rings. The van der Waals surface area contributed by atoms with Gasteiger partial charge in [-0.3, -0.25) is 0 Å². The molecule has 0 radical (unpaired) electrons. The molecule has 3 atom stereocenters. The summed E-state index contributed by atoms with van der Waals surface area (Å²) in [6.07, 6.45) is 2.73. The summed E-state index contributed by atoms with van der Waals surface area (Å²) in [7, 11) is 0. The zero-order valence-corrected chi connectivity index (χ0v) is 8.64. The maximum atomic E-state index is 13.2. The van der Waals surface area contributed by atoms with E-state index in [1.54, 1.807) is 0 Å². The van der Waals surface area contributed by atoms with Crippen molar-refractivity contribution in [3.63, 3.8) is 0 Å². The van der Waals surface area contributed by atoms with E-state index in [2.05, 4.69) is 0 Å². The summed E-state index contributed by atoms with van der Waals surface area (Å²) < 4.78 is 39.2. The first-order valence-electron chi connectivity index (χ1n) is 5.45. The molecule has 86 valence electrons. The number of benzene rings is 1. The first-order chi connectivity index (χ1) is 7.54. The Hall–Kier alpha value is -1.03. The Morgan fingerprint density at radius 3 is 2.25 bits per heavy atom. The first-order valence-corrected chi connectivity index (χ1v) is 5.45. The van der Waals surface area contributed by atoms with Gasteiger partial charge in [-0.2, -0.15) is 0 Å². The molecule has 3 aliphatic rings. The van der Waals surface area contributed by atoms with Crippen molar-refractivity contribution in [2.75, 3.05) is 0 Å². The monoisotopic (exact) mass is 227 g/mol. The van der Waals surface area contributed by atoms with Gasteiger partial charge in [-0.05, 0) is 42.9 Å². The Balaban J connectivity index is 2.08. The van der Waals surface area contributed by atoms with Crippen LogP contribution in [0.5, 0.6) is 0 Å². The van der Waals surface area contributed by atoms with E-state index in [-0.39, 0.29) is 11.5 Å². The first kappa shape index (κ1) is 10.1. The third-order valence-corrected chi connectivity index (χ3v) is 4.29. The van der Waals surface area contributed by atoms with Crippen LogP contribution in [0.1, 0.15) is 24.8 Å². The number of hydrogen-bond donors (Lipinski definition) is 1. The number of halogens is 3. The van der Waals surface area contributed by atoms with Crippen LogP contribution in [0.25, 0.3) is 0 Å². The number of rotatable bonds is 1. The van der Waals surface area contributed by atoms with E-state index < -0.39 is 17.5 Å². The fourth-order valence-corrected chi connectivity index (χ4v) is 3.31. The summed E-state index contributed by atoms with van der Waals surface area (Å²) in [6.45, 7) is 0. The van der Waals surface area contributed by atoms with Crippen LogP contribution in [0.2, 0.25) is 0 Å². The molecule has 1 aromatic rings. The maximum absolute atomic E-state index is 13.2. The minimum atomic E-state index is -1.40. The van der Waals surface area contributed by atoms with E-state index in [0.717, 1.165) is 31.4 Å². The smallest absolute Gasteiger partial charge is 0.194 e. The zero-order valence-electron chi connectivity index (χ0n) is 8.64. The zero-order chi connectivity index (χ0) is 11.5. The van der Waals surface area contributed by atoms with Gasteiger partial charge in [-0.1, -0.05) is 0 Å². The van der Waals surface area contributed by atoms with Crippen molar-refractivity contribution in [2.24, 2.45) is 11.7 Å². The van der Waals surface area contributed by atoms with E-state index >= 15 is 0 Å². The highest BCUT2D eigenvalue weighted by molar-refractivity contribution is 5.36. The molecule has 4 rings (SSSR count). The van der Waals surface area contributed by atoms with Crippen LogP contribution in [0.4, 0.5) is 13.2 Å². The predicted molar refractivity (Wildman–Crippen MR) is 53.3 cm³/mol. The Morgan fingerprint density at radius 2 is 1.81 bits per heavy atom. The Bertz CT molecular complexity index is 433. The van der Waals surface area contributed by atoms with Gasteiger partial charge in [0.25, 0.3) is 0 Å². The molecule has 2 bridgehead atoms. The van der Waals surface area contributed by atoms with E-state index in [1.165, 1.54) is 0 Å². The van der Waals surface area contributed by atoms with Crippen LogP contribution in [0, 0.1) is 23.4 Å². The largest absolute Gasteiger partial charge is 0.327 e. The molecule has 0 unspecified atom stereocenters. The van der Waals surface area contributed by atoms with Crippen molar-refractivity contribution in [1.29, 1.82) is 0 Å². The molecule has 0 heterocycles. The number of nitrogens with two attached hydrogens (primary N) is 1. The van der Waals surface area contributed by atoms with Crippen LogP contribution < -0.4 is 5.73 Å². The van der Waals surface area contributed by atoms with Crippen LogP contribution in [0.3, 0.4) is 0 Å². The lowest BCUT2D eigenvalue weighted by atomic mass is 9.61. The van der Waals surface area contributed by atoms with E-state index in [4.69, 9.17) is 5.73 Å². The van der Waals surface area contributed by atoms with Gasteiger partial charge in [0.2, 0.25) is 0 Å². The number of fused-ring (bicyclic) bond motifs is 1. The van der Waals surface area contributed by atoms with Gasteiger partial charge < -0.3 is 5.73 Å². The second-order valence-electron chi connectivity index (χ2n) is 4.94. The molecule has 1 nitrogen and oxygen atoms in total. The van der Waals surface area contributed by atoms with E-state index in [9.17, 15) is 13.2 Å². The van der Waals surface area contributed by atoms with Crippen LogP contribution in [-0.2, 0) is 5.41 Å². The Morgan fingerprint density at radius 1 is 1.19 bits per heavy atom. The molecule has 0 amide bonds. The average Bonchev–Trinajstić information content (AvgIpc) is 2.82. The predicted octanol–water partition coefficient (Wildman–Crippen LogP) is 2.48. The average molecular weight is 227 g/mol. The fraction of sp³-hybridized carbons (Fsp3) is 0.500. The van der Waals surface area contributed by atoms with Gasteiger partial charge in [0.05, 0.1) is 0 Å². The van der Waals surface area contributed by atoms with Crippen molar-refractivity contribution < 1.29 is 13.2 Å². The Labute approximate surface area is 91.4 Å². The highest BCUT2D eigenvalue weighted by Crippen LogP contribution is 2.58. The fourth-order valence-electron chi connectivity index (χ4n) is 3.31. The SMILES string of the molecule is N[C@@H]1[C@@H]2CC[C@@]1(c1cc(F)c(F)c(F)c1)C2. The summed E-state index contributed by atoms with van der Waals surface area (Å²) in [5, 5.41) is 0. The second-order valence-corrected chi connectivity index (χ2v) is 4.94. The molecule has 0 saturated heterocycles. The molecule has 3 aliphatic carbocycles. The van der Waals surface area contributed by atoms with Crippen LogP contribution in [-0.4, -0.2) is 6.04 Å². The lowest BCUT2D eigenvalue weighted by molar-refractivity contribution is 0.187. The van der Waals surface area contributed by atoms with Gasteiger partial charge in [0.1, 0.15) is 0 Å². The van der Waals surface area contributed by atoms with Gasteiger partial charge in [-0.25, -0.2) is 13.2 Å². The molecule has 0 aromatic heterocycles. The lowest BCUT2D eigenvalue weighted by Crippen LogP contribution is -2.54. The summed E-state index contributed by atoms with van der Waals surface area (Å²) in [5.41, 5.74) is 6.21. The molecule has 1 aromatic carbocycles.